The second kappa shape index (κ2) is 10.9. The van der Waals surface area contributed by atoms with Gasteiger partial charge in [0.15, 0.2) is 4.80 Å². The lowest BCUT2D eigenvalue weighted by Crippen LogP contribution is -2.40. The third-order valence-corrected chi connectivity index (χ3v) is 8.17. The molecule has 0 unspecified atom stereocenters. The van der Waals surface area contributed by atoms with Crippen molar-refractivity contribution >= 4 is 45.2 Å². The summed E-state index contributed by atoms with van der Waals surface area (Å²) < 4.78 is 19.9. The fourth-order valence-electron chi connectivity index (χ4n) is 4.85. The van der Waals surface area contributed by atoms with Crippen molar-refractivity contribution in [1.29, 1.82) is 0 Å². The molecule has 0 N–H and O–H groups in total. The fraction of sp³-hybridized carbons (Fsp3) is 0.393. The highest BCUT2D eigenvalue weighted by Gasteiger charge is 2.34. The molecule has 3 aromatic rings. The van der Waals surface area contributed by atoms with E-state index in [0.29, 0.717) is 32.1 Å². The van der Waals surface area contributed by atoms with Crippen LogP contribution in [0.2, 0.25) is 0 Å². The van der Waals surface area contributed by atoms with Gasteiger partial charge in [0.1, 0.15) is 11.5 Å². The number of ether oxygens (including phenoxy) is 2. The van der Waals surface area contributed by atoms with Crippen LogP contribution in [-0.2, 0) is 9.53 Å². The SMILES string of the molecule is COc1ccc([C@H]2C(C(=O)OC(C)C)=C(C)N=c3s/c(=C/c4cc(Br)c(N5CCCCC5)o4)c(=O)n32)cc1. The second-order valence-corrected chi connectivity index (χ2v) is 11.5. The number of halogens is 1. The van der Waals surface area contributed by atoms with Crippen LogP contribution >= 0.6 is 27.3 Å². The quantitative estimate of drug-likeness (QED) is 0.387. The Morgan fingerprint density at radius 3 is 2.58 bits per heavy atom. The molecule has 0 bridgehead atoms. The number of hydrogen-bond acceptors (Lipinski definition) is 8. The highest BCUT2D eigenvalue weighted by Crippen LogP contribution is 2.33. The van der Waals surface area contributed by atoms with Gasteiger partial charge in [-0.05, 0) is 73.7 Å². The number of piperidine rings is 1. The molecule has 1 atom stereocenters. The van der Waals surface area contributed by atoms with E-state index in [1.165, 1.54) is 17.8 Å². The Hall–Kier alpha value is -3.11. The largest absolute Gasteiger partial charge is 0.497 e. The maximum absolute atomic E-state index is 13.8. The fourth-order valence-corrected chi connectivity index (χ4v) is 6.44. The van der Waals surface area contributed by atoms with Crippen molar-refractivity contribution in [2.24, 2.45) is 4.99 Å². The Morgan fingerprint density at radius 1 is 1.21 bits per heavy atom. The van der Waals surface area contributed by atoms with Gasteiger partial charge in [-0.2, -0.15) is 0 Å². The molecule has 38 heavy (non-hydrogen) atoms. The van der Waals surface area contributed by atoms with E-state index < -0.39 is 12.0 Å². The first-order chi connectivity index (χ1) is 18.3. The number of nitrogens with zero attached hydrogens (tertiary/aromatic N) is 3. The number of benzene rings is 1. The first-order valence-corrected chi connectivity index (χ1v) is 14.3. The van der Waals surface area contributed by atoms with Crippen LogP contribution in [0.1, 0.15) is 57.4 Å². The molecule has 0 amide bonds. The third-order valence-electron chi connectivity index (χ3n) is 6.62. The first-order valence-electron chi connectivity index (χ1n) is 12.7. The van der Waals surface area contributed by atoms with E-state index in [0.717, 1.165) is 41.9 Å². The summed E-state index contributed by atoms with van der Waals surface area (Å²) in [5.41, 5.74) is 1.38. The van der Waals surface area contributed by atoms with Crippen LogP contribution in [0, 0.1) is 0 Å². The van der Waals surface area contributed by atoms with E-state index in [4.69, 9.17) is 13.9 Å². The number of furan rings is 1. The maximum atomic E-state index is 13.8. The van der Waals surface area contributed by atoms with Crippen molar-refractivity contribution < 1.29 is 18.7 Å². The maximum Gasteiger partial charge on any atom is 0.338 e. The predicted molar refractivity (Wildman–Crippen MR) is 150 cm³/mol. The molecule has 1 fully saturated rings. The zero-order valence-electron chi connectivity index (χ0n) is 21.8. The molecular weight excluding hydrogens is 570 g/mol. The highest BCUT2D eigenvalue weighted by molar-refractivity contribution is 9.10. The second-order valence-electron chi connectivity index (χ2n) is 9.66. The predicted octanol–water partition coefficient (Wildman–Crippen LogP) is 4.54. The van der Waals surface area contributed by atoms with Crippen LogP contribution in [0.25, 0.3) is 6.08 Å². The van der Waals surface area contributed by atoms with Gasteiger partial charge in [-0.3, -0.25) is 9.36 Å². The van der Waals surface area contributed by atoms with Crippen LogP contribution in [0.4, 0.5) is 5.88 Å². The van der Waals surface area contributed by atoms with Crippen molar-refractivity contribution in [1.82, 2.24) is 4.57 Å². The van der Waals surface area contributed by atoms with Crippen molar-refractivity contribution in [2.75, 3.05) is 25.1 Å². The summed E-state index contributed by atoms with van der Waals surface area (Å²) in [4.78, 5) is 34.5. The van der Waals surface area contributed by atoms with E-state index in [1.807, 2.05) is 30.3 Å². The standard InChI is InChI=1S/C28H30BrN3O5S/c1-16(2)36-27(34)23-17(3)30-28-32(24(23)18-8-10-19(35-4)11-9-18)25(33)22(38-28)15-20-14-21(29)26(37-20)31-12-6-5-7-13-31/h8-11,14-16,24H,5-7,12-13H2,1-4H3/b22-15+/t24-/m0/s1. The molecule has 5 rings (SSSR count). The van der Waals surface area contributed by atoms with Gasteiger partial charge in [0, 0.05) is 25.2 Å². The van der Waals surface area contributed by atoms with Crippen LogP contribution in [0.15, 0.2) is 60.3 Å². The highest BCUT2D eigenvalue weighted by atomic mass is 79.9. The normalized spacial score (nSPS) is 18.0. The first kappa shape index (κ1) is 26.5. The summed E-state index contributed by atoms with van der Waals surface area (Å²) >= 11 is 4.90. The van der Waals surface area contributed by atoms with Gasteiger partial charge in [0.2, 0.25) is 5.88 Å². The van der Waals surface area contributed by atoms with E-state index in [9.17, 15) is 9.59 Å². The number of rotatable bonds is 6. The van der Waals surface area contributed by atoms with Crippen molar-refractivity contribution in [2.45, 2.75) is 52.2 Å². The number of esters is 1. The lowest BCUT2D eigenvalue weighted by Gasteiger charge is -2.26. The number of carbonyl (C=O) groups excluding carboxylic acids is 1. The molecule has 0 aliphatic carbocycles. The molecule has 2 aliphatic rings. The van der Waals surface area contributed by atoms with E-state index in [1.54, 1.807) is 38.5 Å². The van der Waals surface area contributed by atoms with Gasteiger partial charge in [-0.15, -0.1) is 0 Å². The van der Waals surface area contributed by atoms with Gasteiger partial charge in [-0.25, -0.2) is 9.79 Å². The summed E-state index contributed by atoms with van der Waals surface area (Å²) in [5.74, 6) is 1.56. The van der Waals surface area contributed by atoms with Crippen molar-refractivity contribution in [3.05, 3.63) is 77.1 Å². The zero-order valence-corrected chi connectivity index (χ0v) is 24.2. The number of anilines is 1. The lowest BCUT2D eigenvalue weighted by molar-refractivity contribution is -0.143. The molecule has 4 heterocycles. The van der Waals surface area contributed by atoms with Gasteiger partial charge >= 0.3 is 5.97 Å². The summed E-state index contributed by atoms with van der Waals surface area (Å²) in [6, 6.07) is 8.55. The average molecular weight is 601 g/mol. The number of allylic oxidation sites excluding steroid dienone is 1. The molecule has 1 aromatic carbocycles. The molecule has 0 radical (unpaired) electrons. The van der Waals surface area contributed by atoms with Gasteiger partial charge < -0.3 is 18.8 Å². The van der Waals surface area contributed by atoms with Crippen LogP contribution in [0.5, 0.6) is 5.75 Å². The number of carbonyl (C=O) groups is 1. The molecule has 2 aromatic heterocycles. The lowest BCUT2D eigenvalue weighted by atomic mass is 9.96. The summed E-state index contributed by atoms with van der Waals surface area (Å²) in [6.45, 7) is 7.27. The third kappa shape index (κ3) is 5.11. The molecule has 1 saturated heterocycles. The zero-order chi connectivity index (χ0) is 27.0. The number of methoxy groups -OCH3 is 1. The molecule has 8 nitrogen and oxygen atoms in total. The van der Waals surface area contributed by atoms with E-state index >= 15 is 0 Å². The van der Waals surface area contributed by atoms with E-state index in [-0.39, 0.29) is 11.7 Å². The number of hydrogen-bond donors (Lipinski definition) is 0. The molecule has 200 valence electrons. The smallest absolute Gasteiger partial charge is 0.338 e. The van der Waals surface area contributed by atoms with Crippen molar-refractivity contribution in [3.63, 3.8) is 0 Å². The van der Waals surface area contributed by atoms with Gasteiger partial charge in [0.25, 0.3) is 5.56 Å². The topological polar surface area (TPSA) is 86.3 Å². The molecule has 2 aliphatic heterocycles. The minimum absolute atomic E-state index is 0.246. The molecule has 10 heteroatoms. The Balaban J connectivity index is 1.62. The Morgan fingerprint density at radius 2 is 1.92 bits per heavy atom. The molecular formula is C28H30BrN3O5S. The van der Waals surface area contributed by atoms with Crippen molar-refractivity contribution in [3.8, 4) is 5.75 Å². The minimum atomic E-state index is -0.683. The average Bonchev–Trinajstić information content (AvgIpc) is 3.41. The Kier molecular flexibility index (Phi) is 7.63. The van der Waals surface area contributed by atoms with Gasteiger partial charge in [0.05, 0.1) is 39.5 Å². The Labute approximate surface area is 233 Å². The van der Waals surface area contributed by atoms with Crippen LogP contribution < -0.4 is 24.5 Å². The van der Waals surface area contributed by atoms with E-state index in [2.05, 4.69) is 25.8 Å². The number of thiazole rings is 1. The molecule has 0 spiro atoms. The summed E-state index contributed by atoms with van der Waals surface area (Å²) in [7, 11) is 1.59. The summed E-state index contributed by atoms with van der Waals surface area (Å²) in [5, 5.41) is 0. The number of fused-ring (bicyclic) bond motifs is 1. The summed E-state index contributed by atoms with van der Waals surface area (Å²) in [6.07, 6.45) is 4.93. The van der Waals surface area contributed by atoms with Crippen LogP contribution in [0.3, 0.4) is 0 Å². The number of aromatic nitrogens is 1. The monoisotopic (exact) mass is 599 g/mol. The molecule has 0 saturated carbocycles. The Bertz CT molecular complexity index is 1560. The van der Waals surface area contributed by atoms with Gasteiger partial charge in [-0.1, -0.05) is 23.5 Å². The minimum Gasteiger partial charge on any atom is -0.497 e. The van der Waals surface area contributed by atoms with Crippen LogP contribution in [-0.4, -0.2) is 36.8 Å².